The summed E-state index contributed by atoms with van der Waals surface area (Å²) < 4.78 is 0. The summed E-state index contributed by atoms with van der Waals surface area (Å²) in [5.74, 6) is 2.75. The lowest BCUT2D eigenvalue weighted by Crippen LogP contribution is -2.24. The molecule has 2 aliphatic heterocycles. The van der Waals surface area contributed by atoms with Crippen LogP contribution >= 0.6 is 11.8 Å². The van der Waals surface area contributed by atoms with Crippen LogP contribution in [-0.2, 0) is 0 Å². The Balaban J connectivity index is 1.98. The molecule has 0 saturated carbocycles. The third kappa shape index (κ3) is 1.19. The van der Waals surface area contributed by atoms with Gasteiger partial charge in [-0.3, -0.25) is 0 Å². The van der Waals surface area contributed by atoms with Crippen LogP contribution in [0.5, 0.6) is 0 Å². The van der Waals surface area contributed by atoms with Crippen molar-refractivity contribution in [2.45, 2.75) is 19.3 Å². The van der Waals surface area contributed by atoms with Crippen LogP contribution in [0.25, 0.3) is 0 Å². The lowest BCUT2D eigenvalue weighted by Gasteiger charge is -2.31. The fourth-order valence-electron chi connectivity index (χ4n) is 1.85. The van der Waals surface area contributed by atoms with Crippen LogP contribution in [0.3, 0.4) is 0 Å². The van der Waals surface area contributed by atoms with Gasteiger partial charge in [0.15, 0.2) is 0 Å². The van der Waals surface area contributed by atoms with Crippen LogP contribution in [0.15, 0.2) is 0 Å². The smallest absolute Gasteiger partial charge is 0.0284 e. The van der Waals surface area contributed by atoms with Gasteiger partial charge in [0.1, 0.15) is 0 Å². The molecule has 2 saturated heterocycles. The minimum absolute atomic E-state index is 0.616. The molecule has 0 aromatic carbocycles. The first-order valence-corrected chi connectivity index (χ1v) is 5.22. The molecule has 0 atom stereocenters. The second-order valence-corrected chi connectivity index (χ2v) is 4.55. The summed E-state index contributed by atoms with van der Waals surface area (Å²) in [6.45, 7) is 3.57. The van der Waals surface area contributed by atoms with E-state index in [1.54, 1.807) is 0 Å². The van der Waals surface area contributed by atoms with Gasteiger partial charge < -0.3 is 5.32 Å². The van der Waals surface area contributed by atoms with Crippen molar-refractivity contribution in [2.24, 2.45) is 5.41 Å². The highest BCUT2D eigenvalue weighted by Crippen LogP contribution is 2.41. The van der Waals surface area contributed by atoms with E-state index in [1.165, 1.54) is 37.3 Å². The average Bonchev–Trinajstić information content (AvgIpc) is 2.39. The van der Waals surface area contributed by atoms with Gasteiger partial charge in [-0.25, -0.2) is 0 Å². The van der Waals surface area contributed by atoms with Crippen molar-refractivity contribution in [2.75, 3.05) is 18.1 Å². The van der Waals surface area contributed by atoms with Crippen LogP contribution in [0.4, 0.5) is 0 Å². The minimum Gasteiger partial charge on any atom is -0.312 e. The molecule has 1 spiro atoms. The average molecular weight is 156 g/mol. The highest BCUT2D eigenvalue weighted by molar-refractivity contribution is 7.99. The van der Waals surface area contributed by atoms with Crippen molar-refractivity contribution in [3.63, 3.8) is 0 Å². The van der Waals surface area contributed by atoms with Gasteiger partial charge in [0.05, 0.1) is 0 Å². The summed E-state index contributed by atoms with van der Waals surface area (Å²) in [5, 5.41) is 3.35. The number of rotatable bonds is 0. The van der Waals surface area contributed by atoms with E-state index in [0.29, 0.717) is 5.41 Å². The molecule has 2 heteroatoms. The highest BCUT2D eigenvalue weighted by atomic mass is 32.2. The first-order valence-electron chi connectivity index (χ1n) is 4.07. The number of nitrogens with one attached hydrogen (secondary N) is 1. The van der Waals surface area contributed by atoms with Crippen molar-refractivity contribution < 1.29 is 0 Å². The van der Waals surface area contributed by atoms with Gasteiger partial charge in [0, 0.05) is 6.54 Å². The molecular weight excluding hydrogens is 142 g/mol. The summed E-state index contributed by atoms with van der Waals surface area (Å²) in [7, 11) is 0. The Kier molecular flexibility index (Phi) is 1.92. The molecule has 0 bridgehead atoms. The van der Waals surface area contributed by atoms with Gasteiger partial charge >= 0.3 is 0 Å². The molecular formula is C8H14NS. The number of hydrogen-bond acceptors (Lipinski definition) is 2. The molecule has 57 valence electrons. The fourth-order valence-corrected chi connectivity index (χ4v) is 3.16. The molecule has 1 radical (unpaired) electrons. The molecule has 1 N–H and O–H groups in total. The van der Waals surface area contributed by atoms with Crippen LogP contribution in [0.2, 0.25) is 0 Å². The Bertz CT molecular complexity index is 110. The van der Waals surface area contributed by atoms with E-state index in [1.807, 2.05) is 0 Å². The standard InChI is InChI=1S/C8H14NS/c1-4-9-7-8(1)2-5-10-6-3-8/h7,9H,1-6H2. The van der Waals surface area contributed by atoms with Crippen LogP contribution in [-0.4, -0.2) is 18.1 Å². The summed E-state index contributed by atoms with van der Waals surface area (Å²) in [4.78, 5) is 0. The SMILES string of the molecule is [CH]1NCCC12CCSCC2. The largest absolute Gasteiger partial charge is 0.312 e. The van der Waals surface area contributed by atoms with Crippen molar-refractivity contribution in [3.05, 3.63) is 6.54 Å². The number of thioether (sulfide) groups is 1. The topological polar surface area (TPSA) is 12.0 Å². The Labute approximate surface area is 67.0 Å². The van der Waals surface area contributed by atoms with E-state index in [0.717, 1.165) is 0 Å². The van der Waals surface area contributed by atoms with Crippen molar-refractivity contribution in [3.8, 4) is 0 Å². The molecule has 0 amide bonds. The molecule has 2 heterocycles. The normalized spacial score (nSPS) is 31.2. The predicted molar refractivity (Wildman–Crippen MR) is 45.9 cm³/mol. The number of hydrogen-bond donors (Lipinski definition) is 1. The van der Waals surface area contributed by atoms with Crippen LogP contribution in [0.1, 0.15) is 19.3 Å². The monoisotopic (exact) mass is 156 g/mol. The van der Waals surface area contributed by atoms with Gasteiger partial charge in [-0.15, -0.1) is 0 Å². The maximum Gasteiger partial charge on any atom is 0.0284 e. The van der Waals surface area contributed by atoms with Gasteiger partial charge in [-0.05, 0) is 42.7 Å². The van der Waals surface area contributed by atoms with E-state index < -0.39 is 0 Å². The van der Waals surface area contributed by atoms with E-state index >= 15 is 0 Å². The van der Waals surface area contributed by atoms with E-state index in [-0.39, 0.29) is 0 Å². The summed E-state index contributed by atoms with van der Waals surface area (Å²) in [6.07, 6.45) is 4.20. The zero-order chi connectivity index (χ0) is 6.86. The lowest BCUT2D eigenvalue weighted by atomic mass is 9.81. The first kappa shape index (κ1) is 6.99. The molecule has 0 aromatic rings. The van der Waals surface area contributed by atoms with E-state index in [4.69, 9.17) is 0 Å². The molecule has 0 aromatic heterocycles. The van der Waals surface area contributed by atoms with Crippen LogP contribution < -0.4 is 5.32 Å². The molecule has 1 nitrogen and oxygen atoms in total. The second-order valence-electron chi connectivity index (χ2n) is 3.32. The Morgan fingerprint density at radius 3 is 2.60 bits per heavy atom. The van der Waals surface area contributed by atoms with Gasteiger partial charge in [-0.2, -0.15) is 11.8 Å². The van der Waals surface area contributed by atoms with Crippen molar-refractivity contribution in [1.82, 2.24) is 5.32 Å². The Morgan fingerprint density at radius 2 is 2.00 bits per heavy atom. The molecule has 0 aliphatic carbocycles. The summed E-state index contributed by atoms with van der Waals surface area (Å²) in [6, 6.07) is 0. The lowest BCUT2D eigenvalue weighted by molar-refractivity contribution is 0.335. The molecule has 2 fully saturated rings. The quantitative estimate of drug-likeness (QED) is 0.572. The predicted octanol–water partition coefficient (Wildman–Crippen LogP) is 1.65. The van der Waals surface area contributed by atoms with Gasteiger partial charge in [0.2, 0.25) is 0 Å². The first-order chi connectivity index (χ1) is 4.91. The highest BCUT2D eigenvalue weighted by Gasteiger charge is 2.35. The third-order valence-electron chi connectivity index (χ3n) is 2.66. The fraction of sp³-hybridized carbons (Fsp3) is 0.875. The molecule has 0 unspecified atom stereocenters. The van der Waals surface area contributed by atoms with Crippen molar-refractivity contribution >= 4 is 11.8 Å². The molecule has 2 aliphatic rings. The van der Waals surface area contributed by atoms with E-state index in [9.17, 15) is 0 Å². The minimum atomic E-state index is 0.616. The second kappa shape index (κ2) is 2.74. The maximum absolute atomic E-state index is 3.35. The van der Waals surface area contributed by atoms with Crippen molar-refractivity contribution in [1.29, 1.82) is 0 Å². The van der Waals surface area contributed by atoms with Gasteiger partial charge in [-0.1, -0.05) is 0 Å². The Morgan fingerprint density at radius 1 is 1.20 bits per heavy atom. The zero-order valence-corrected chi connectivity index (χ0v) is 7.04. The molecule has 10 heavy (non-hydrogen) atoms. The third-order valence-corrected chi connectivity index (χ3v) is 3.65. The molecule has 2 rings (SSSR count). The van der Waals surface area contributed by atoms with Gasteiger partial charge in [0.25, 0.3) is 0 Å². The summed E-state index contributed by atoms with van der Waals surface area (Å²) >= 11 is 2.11. The van der Waals surface area contributed by atoms with E-state index in [2.05, 4.69) is 23.6 Å². The summed E-state index contributed by atoms with van der Waals surface area (Å²) in [5.41, 5.74) is 0.616. The van der Waals surface area contributed by atoms with Crippen LogP contribution in [0, 0.1) is 12.0 Å². The zero-order valence-electron chi connectivity index (χ0n) is 6.23. The Hall–Kier alpha value is 0.310. The maximum atomic E-state index is 3.35.